The summed E-state index contributed by atoms with van der Waals surface area (Å²) < 4.78 is 43.7. The predicted octanol–water partition coefficient (Wildman–Crippen LogP) is 1.73. The van der Waals surface area contributed by atoms with Gasteiger partial charge in [0.15, 0.2) is 6.10 Å². The number of ether oxygens (including phenoxy) is 3. The lowest BCUT2D eigenvalue weighted by molar-refractivity contribution is -0.161. The second-order valence-electron chi connectivity index (χ2n) is 7.62. The first-order chi connectivity index (χ1) is 17.1. The van der Waals surface area contributed by atoms with Crippen molar-refractivity contribution in [3.8, 4) is 0 Å². The number of carbonyl (C=O) groups excluding carboxylic acids is 3. The van der Waals surface area contributed by atoms with Crippen LogP contribution in [-0.2, 0) is 46.8 Å². The molecule has 0 aliphatic carbocycles. The zero-order valence-corrected chi connectivity index (χ0v) is 23.1. The quantitative estimate of drug-likeness (QED) is 0.0631. The van der Waals surface area contributed by atoms with Gasteiger partial charge in [-0.15, -0.1) is 0 Å². The molecule has 0 fully saturated rings. The molecule has 0 aliphatic rings. The minimum absolute atomic E-state index is 0.164. The van der Waals surface area contributed by atoms with E-state index in [0.717, 1.165) is 19.3 Å². The van der Waals surface area contributed by atoms with Crippen LogP contribution >= 0.6 is 15.6 Å². The number of unbranched alkanes of at least 4 members (excludes halogenated alkanes) is 3. The fourth-order valence-electron chi connectivity index (χ4n) is 2.22. The minimum atomic E-state index is -4.68. The monoisotopic (exact) mass is 582 g/mol. The van der Waals surface area contributed by atoms with E-state index in [1.807, 2.05) is 0 Å². The summed E-state index contributed by atoms with van der Waals surface area (Å²) in [6.07, 6.45) is 2.64. The van der Waals surface area contributed by atoms with Gasteiger partial charge in [-0.25, -0.2) is 9.13 Å². The number of hydrogen-bond acceptors (Lipinski definition) is 11. The summed E-state index contributed by atoms with van der Waals surface area (Å²) in [5, 5.41) is 9.01. The maximum Gasteiger partial charge on any atom is 0.469 e. The molecule has 0 aromatic heterocycles. The van der Waals surface area contributed by atoms with Crippen LogP contribution in [0, 0.1) is 0 Å². The fraction of sp³-hybridized carbons (Fsp3) is 0.850. The van der Waals surface area contributed by atoms with Gasteiger partial charge in [-0.05, 0) is 12.8 Å². The molecule has 220 valence electrons. The number of phosphoric ester groups is 2. The summed E-state index contributed by atoms with van der Waals surface area (Å²) in [4.78, 5) is 67.5. The van der Waals surface area contributed by atoms with Gasteiger partial charge in [0, 0.05) is 19.3 Å². The second-order valence-corrected chi connectivity index (χ2v) is 10.1. The van der Waals surface area contributed by atoms with Crippen LogP contribution in [0.2, 0.25) is 0 Å². The molecule has 37 heavy (non-hydrogen) atoms. The smallest absolute Gasteiger partial charge is 0.463 e. The first kappa shape index (κ1) is 37.7. The molecule has 0 saturated carbocycles. The third-order valence-electron chi connectivity index (χ3n) is 4.01. The fourth-order valence-corrected chi connectivity index (χ4v) is 2.95. The molecule has 2 atom stereocenters. The molecular formula is C20H40O15P2. The molecule has 0 unspecified atom stereocenters. The van der Waals surface area contributed by atoms with Gasteiger partial charge in [0.2, 0.25) is 0 Å². The second kappa shape index (κ2) is 21.5. The first-order valence-corrected chi connectivity index (χ1v) is 14.8. The SMILES string of the molecule is CCC(=O)OC[C@@H](O)COP(=O)(O)O.CCCCCCC(=O)OC[C@H](COP(=O)(O)O)OC(=O)CCC. The zero-order chi connectivity index (χ0) is 28.9. The van der Waals surface area contributed by atoms with E-state index in [4.69, 9.17) is 34.2 Å². The number of rotatable bonds is 19. The molecule has 0 spiro atoms. The van der Waals surface area contributed by atoms with Gasteiger partial charge in [-0.1, -0.05) is 40.0 Å². The van der Waals surface area contributed by atoms with Gasteiger partial charge in [0.05, 0.1) is 13.2 Å². The highest BCUT2D eigenvalue weighted by Crippen LogP contribution is 2.36. The van der Waals surface area contributed by atoms with Gasteiger partial charge in [0.1, 0.15) is 19.3 Å². The van der Waals surface area contributed by atoms with Gasteiger partial charge < -0.3 is 38.9 Å². The lowest BCUT2D eigenvalue weighted by Crippen LogP contribution is -2.29. The van der Waals surface area contributed by atoms with Crippen molar-refractivity contribution < 1.29 is 71.5 Å². The molecule has 0 bridgehead atoms. The molecule has 17 heteroatoms. The van der Waals surface area contributed by atoms with Crippen LogP contribution in [0.5, 0.6) is 0 Å². The average molecular weight is 582 g/mol. The van der Waals surface area contributed by atoms with Crippen LogP contribution in [0.3, 0.4) is 0 Å². The van der Waals surface area contributed by atoms with E-state index in [2.05, 4.69) is 20.7 Å². The molecule has 0 radical (unpaired) electrons. The van der Waals surface area contributed by atoms with Crippen molar-refractivity contribution >= 4 is 33.6 Å². The highest BCUT2D eigenvalue weighted by Gasteiger charge is 2.22. The molecule has 0 aliphatic heterocycles. The van der Waals surface area contributed by atoms with Gasteiger partial charge in [-0.3, -0.25) is 23.4 Å². The number of aliphatic hydroxyl groups is 1. The normalized spacial score (nSPS) is 13.1. The lowest BCUT2D eigenvalue weighted by Gasteiger charge is -2.18. The maximum absolute atomic E-state index is 11.6. The van der Waals surface area contributed by atoms with Crippen molar-refractivity contribution in [3.63, 3.8) is 0 Å². The minimum Gasteiger partial charge on any atom is -0.463 e. The molecular weight excluding hydrogens is 542 g/mol. The lowest BCUT2D eigenvalue weighted by atomic mass is 10.2. The summed E-state index contributed by atoms with van der Waals surface area (Å²) in [5.41, 5.74) is 0. The summed E-state index contributed by atoms with van der Waals surface area (Å²) in [7, 11) is -9.26. The zero-order valence-electron chi connectivity index (χ0n) is 21.4. The highest BCUT2D eigenvalue weighted by atomic mass is 31.2. The third-order valence-corrected chi connectivity index (χ3v) is 4.98. The van der Waals surface area contributed by atoms with Crippen molar-refractivity contribution in [1.82, 2.24) is 0 Å². The Bertz CT molecular complexity index is 733. The topological polar surface area (TPSA) is 233 Å². The summed E-state index contributed by atoms with van der Waals surface area (Å²) in [6.45, 7) is 3.69. The van der Waals surface area contributed by atoms with E-state index < -0.39 is 59.0 Å². The molecule has 5 N–H and O–H groups in total. The summed E-state index contributed by atoms with van der Waals surface area (Å²) >= 11 is 0. The molecule has 0 amide bonds. The van der Waals surface area contributed by atoms with Crippen LogP contribution in [0.4, 0.5) is 0 Å². The molecule has 15 nitrogen and oxygen atoms in total. The maximum atomic E-state index is 11.6. The standard InChI is InChI=1S/C14H27O8P.C6H13O7P/c1-3-5-6-7-9-13(15)20-10-12(11-21-23(17,18)19)22-14(16)8-4-2;1-2-6(8)12-3-5(7)4-13-14(9,10)11/h12H,3-11H2,1-2H3,(H2,17,18,19);5,7H,2-4H2,1H3,(H2,9,10,11)/t12-;5-/m11/s1. The van der Waals surface area contributed by atoms with E-state index >= 15 is 0 Å². The van der Waals surface area contributed by atoms with Crippen LogP contribution in [0.1, 0.15) is 72.1 Å². The molecule has 0 heterocycles. The Labute approximate surface area is 216 Å². The number of aliphatic hydroxyl groups excluding tert-OH is 1. The molecule has 0 rings (SSSR count). The van der Waals surface area contributed by atoms with E-state index in [9.17, 15) is 23.5 Å². The average Bonchev–Trinajstić information content (AvgIpc) is 2.80. The van der Waals surface area contributed by atoms with E-state index in [1.165, 1.54) is 0 Å². The van der Waals surface area contributed by atoms with Crippen LogP contribution in [-0.4, -0.2) is 81.2 Å². The molecule has 0 aromatic rings. The van der Waals surface area contributed by atoms with Crippen molar-refractivity contribution in [2.45, 2.75) is 84.3 Å². The van der Waals surface area contributed by atoms with Crippen molar-refractivity contribution in [2.75, 3.05) is 26.4 Å². The first-order valence-electron chi connectivity index (χ1n) is 11.7. The van der Waals surface area contributed by atoms with Crippen LogP contribution in [0.25, 0.3) is 0 Å². The summed E-state index contributed by atoms with van der Waals surface area (Å²) in [6, 6.07) is 0. The molecule has 0 saturated heterocycles. The van der Waals surface area contributed by atoms with E-state index in [0.29, 0.717) is 12.8 Å². The number of hydrogen-bond donors (Lipinski definition) is 5. The molecule has 0 aromatic carbocycles. The van der Waals surface area contributed by atoms with Gasteiger partial charge >= 0.3 is 33.6 Å². The Balaban J connectivity index is 0. The Morgan fingerprint density at radius 2 is 1.24 bits per heavy atom. The number of esters is 3. The van der Waals surface area contributed by atoms with Crippen molar-refractivity contribution in [3.05, 3.63) is 0 Å². The Kier molecular flexibility index (Phi) is 21.9. The number of carbonyl (C=O) groups is 3. The van der Waals surface area contributed by atoms with Crippen LogP contribution in [0.15, 0.2) is 0 Å². The third kappa shape index (κ3) is 29.0. The van der Waals surface area contributed by atoms with Crippen molar-refractivity contribution in [2.24, 2.45) is 0 Å². The van der Waals surface area contributed by atoms with Gasteiger partial charge in [0.25, 0.3) is 0 Å². The van der Waals surface area contributed by atoms with Crippen LogP contribution < -0.4 is 0 Å². The highest BCUT2D eigenvalue weighted by molar-refractivity contribution is 7.46. The van der Waals surface area contributed by atoms with Crippen molar-refractivity contribution in [1.29, 1.82) is 0 Å². The van der Waals surface area contributed by atoms with E-state index in [1.54, 1.807) is 13.8 Å². The Morgan fingerprint density at radius 3 is 1.76 bits per heavy atom. The number of phosphoric acid groups is 2. The Morgan fingerprint density at radius 1 is 0.676 bits per heavy atom. The Hall–Kier alpha value is -1.41. The predicted molar refractivity (Wildman–Crippen MR) is 128 cm³/mol. The van der Waals surface area contributed by atoms with Gasteiger partial charge in [-0.2, -0.15) is 0 Å². The van der Waals surface area contributed by atoms with E-state index in [-0.39, 0.29) is 32.5 Å². The summed E-state index contributed by atoms with van der Waals surface area (Å²) in [5.74, 6) is -1.47. The largest absolute Gasteiger partial charge is 0.469 e.